The van der Waals surface area contributed by atoms with Crippen LogP contribution < -0.4 is 5.32 Å². The summed E-state index contributed by atoms with van der Waals surface area (Å²) in [6.07, 6.45) is -3.20. The summed E-state index contributed by atoms with van der Waals surface area (Å²) in [6.45, 7) is 1.93. The summed E-state index contributed by atoms with van der Waals surface area (Å²) in [4.78, 5) is 1.93. The van der Waals surface area contributed by atoms with Gasteiger partial charge in [-0.1, -0.05) is 12.1 Å². The number of piperazine rings is 1. The maximum absolute atomic E-state index is 13.5. The van der Waals surface area contributed by atoms with E-state index in [0.717, 1.165) is 10.2 Å². The first-order valence-electron chi connectivity index (χ1n) is 7.64. The number of halogens is 5. The largest absolute Gasteiger partial charge is 0.433 e. The number of hydrogen-bond donors (Lipinski definition) is 1. The molecule has 4 nitrogen and oxygen atoms in total. The van der Waals surface area contributed by atoms with Crippen LogP contribution in [0.15, 0.2) is 30.5 Å². The smallest absolute Gasteiger partial charge is 0.314 e. The topological polar surface area (TPSA) is 33.1 Å². The molecule has 0 aliphatic carbocycles. The zero-order valence-corrected chi connectivity index (χ0v) is 14.4. The van der Waals surface area contributed by atoms with Crippen molar-refractivity contribution in [3.63, 3.8) is 0 Å². The summed E-state index contributed by atoms with van der Waals surface area (Å²) in [5, 5.41) is 6.97. The fourth-order valence-electron chi connectivity index (χ4n) is 3.16. The van der Waals surface area contributed by atoms with Crippen LogP contribution in [0.1, 0.15) is 22.9 Å². The van der Waals surface area contributed by atoms with Crippen molar-refractivity contribution in [1.82, 2.24) is 20.0 Å². The highest BCUT2D eigenvalue weighted by molar-refractivity contribution is 5.85. The summed E-state index contributed by atoms with van der Waals surface area (Å²) >= 11 is 0. The molecule has 2 aromatic rings. The van der Waals surface area contributed by atoms with Gasteiger partial charge in [0.1, 0.15) is 11.5 Å². The van der Waals surface area contributed by atoms with E-state index in [4.69, 9.17) is 0 Å². The molecule has 2 heterocycles. The van der Waals surface area contributed by atoms with Crippen LogP contribution in [0.4, 0.5) is 17.6 Å². The van der Waals surface area contributed by atoms with Gasteiger partial charge >= 0.3 is 6.18 Å². The van der Waals surface area contributed by atoms with Crippen molar-refractivity contribution in [3.05, 3.63) is 53.1 Å². The monoisotopic (exact) mass is 378 g/mol. The highest BCUT2D eigenvalue weighted by atomic mass is 35.5. The highest BCUT2D eigenvalue weighted by Crippen LogP contribution is 2.33. The molecule has 1 fully saturated rings. The second kappa shape index (κ2) is 7.72. The number of rotatable bonds is 3. The molecule has 0 bridgehead atoms. The summed E-state index contributed by atoms with van der Waals surface area (Å²) in [5.41, 5.74) is 0.145. The second-order valence-corrected chi connectivity index (χ2v) is 5.89. The van der Waals surface area contributed by atoms with Gasteiger partial charge in [-0.05, 0) is 17.7 Å². The first kappa shape index (κ1) is 19.7. The fourth-order valence-corrected chi connectivity index (χ4v) is 3.16. The maximum Gasteiger partial charge on any atom is 0.433 e. The van der Waals surface area contributed by atoms with Gasteiger partial charge in [0.05, 0.1) is 6.20 Å². The Morgan fingerprint density at radius 2 is 2.08 bits per heavy atom. The fraction of sp³-hybridized carbons (Fsp3) is 0.438. The van der Waals surface area contributed by atoms with E-state index in [1.807, 2.05) is 4.90 Å². The lowest BCUT2D eigenvalue weighted by molar-refractivity contribution is -0.144. The molecule has 1 aromatic carbocycles. The van der Waals surface area contributed by atoms with E-state index in [0.29, 0.717) is 19.6 Å². The molecule has 1 aliphatic rings. The van der Waals surface area contributed by atoms with Crippen molar-refractivity contribution < 1.29 is 17.6 Å². The third kappa shape index (κ3) is 4.31. The van der Waals surface area contributed by atoms with Crippen LogP contribution >= 0.6 is 12.4 Å². The van der Waals surface area contributed by atoms with E-state index in [-0.39, 0.29) is 36.4 Å². The third-order valence-electron chi connectivity index (χ3n) is 4.24. The number of aromatic nitrogens is 2. The molecule has 1 aromatic heterocycles. The minimum absolute atomic E-state index is 0. The lowest BCUT2D eigenvalue weighted by Gasteiger charge is -2.36. The zero-order chi connectivity index (χ0) is 17.3. The van der Waals surface area contributed by atoms with E-state index in [2.05, 4.69) is 10.4 Å². The average Bonchev–Trinajstić information content (AvgIpc) is 2.88. The first-order chi connectivity index (χ1) is 11.4. The molecular weight excluding hydrogens is 360 g/mol. The Morgan fingerprint density at radius 1 is 1.32 bits per heavy atom. The molecule has 1 N–H and O–H groups in total. The van der Waals surface area contributed by atoms with Gasteiger partial charge < -0.3 is 5.32 Å². The standard InChI is InChI=1S/C16H18F4N4.ClH/c1-23-15(16(18,19)20)12(8-22-23)10-24-6-5-21-9-14(24)11-3-2-4-13(17)7-11;/h2-4,7-8,14,21H,5-6,9-10H2,1H3;1H. The molecule has 0 radical (unpaired) electrons. The summed E-state index contributed by atoms with van der Waals surface area (Å²) in [7, 11) is 1.29. The lowest BCUT2D eigenvalue weighted by atomic mass is 10.0. The molecule has 138 valence electrons. The lowest BCUT2D eigenvalue weighted by Crippen LogP contribution is -2.45. The van der Waals surface area contributed by atoms with Crippen LogP contribution in [0.2, 0.25) is 0 Å². The molecule has 0 saturated carbocycles. The first-order valence-corrected chi connectivity index (χ1v) is 7.64. The summed E-state index contributed by atoms with van der Waals surface area (Å²) in [6, 6.07) is 6.01. The van der Waals surface area contributed by atoms with E-state index in [1.54, 1.807) is 12.1 Å². The molecule has 1 aliphatic heterocycles. The Kier molecular flexibility index (Phi) is 6.08. The van der Waals surface area contributed by atoms with Crippen LogP contribution in [0, 0.1) is 5.82 Å². The van der Waals surface area contributed by atoms with Crippen molar-refractivity contribution in [2.45, 2.75) is 18.8 Å². The van der Waals surface area contributed by atoms with Crippen LogP contribution in [-0.4, -0.2) is 34.3 Å². The molecule has 1 atom stereocenters. The van der Waals surface area contributed by atoms with Crippen LogP contribution in [0.25, 0.3) is 0 Å². The van der Waals surface area contributed by atoms with Gasteiger partial charge in [0.15, 0.2) is 0 Å². The number of nitrogens with zero attached hydrogens (tertiary/aromatic N) is 3. The molecule has 25 heavy (non-hydrogen) atoms. The molecule has 1 unspecified atom stereocenters. The maximum atomic E-state index is 13.5. The van der Waals surface area contributed by atoms with E-state index in [1.165, 1.54) is 25.4 Å². The Bertz CT molecular complexity index is 716. The molecule has 0 amide bonds. The van der Waals surface area contributed by atoms with Crippen LogP contribution in [0.3, 0.4) is 0 Å². The minimum Gasteiger partial charge on any atom is -0.314 e. The van der Waals surface area contributed by atoms with Crippen LogP contribution in [-0.2, 0) is 19.8 Å². The van der Waals surface area contributed by atoms with Crippen molar-refractivity contribution >= 4 is 12.4 Å². The van der Waals surface area contributed by atoms with Crippen molar-refractivity contribution in [3.8, 4) is 0 Å². The molecule has 0 spiro atoms. The quantitative estimate of drug-likeness (QED) is 0.833. The van der Waals surface area contributed by atoms with Gasteiger partial charge in [0.2, 0.25) is 0 Å². The van der Waals surface area contributed by atoms with Gasteiger partial charge in [-0.25, -0.2) is 4.39 Å². The van der Waals surface area contributed by atoms with E-state index < -0.39 is 11.9 Å². The van der Waals surface area contributed by atoms with E-state index >= 15 is 0 Å². The SMILES string of the molecule is Cl.Cn1ncc(CN2CCNCC2c2cccc(F)c2)c1C(F)(F)F. The van der Waals surface area contributed by atoms with Gasteiger partial charge in [0, 0.05) is 44.8 Å². The molecule has 3 rings (SSSR count). The zero-order valence-electron chi connectivity index (χ0n) is 13.6. The van der Waals surface area contributed by atoms with Crippen LogP contribution in [0.5, 0.6) is 0 Å². The van der Waals surface area contributed by atoms with Crippen molar-refractivity contribution in [1.29, 1.82) is 0 Å². The molecule has 1 saturated heterocycles. The number of hydrogen-bond acceptors (Lipinski definition) is 3. The Morgan fingerprint density at radius 3 is 2.76 bits per heavy atom. The van der Waals surface area contributed by atoms with Crippen molar-refractivity contribution in [2.24, 2.45) is 7.05 Å². The second-order valence-electron chi connectivity index (χ2n) is 5.89. The summed E-state index contributed by atoms with van der Waals surface area (Å²) < 4.78 is 54.0. The highest BCUT2D eigenvalue weighted by Gasteiger charge is 2.38. The minimum atomic E-state index is -4.46. The number of benzene rings is 1. The Hall–Kier alpha value is -1.64. The van der Waals surface area contributed by atoms with E-state index in [9.17, 15) is 17.6 Å². The van der Waals surface area contributed by atoms with Gasteiger partial charge in [-0.2, -0.15) is 18.3 Å². The van der Waals surface area contributed by atoms with Gasteiger partial charge in [-0.15, -0.1) is 12.4 Å². The third-order valence-corrected chi connectivity index (χ3v) is 4.24. The number of alkyl halides is 3. The predicted molar refractivity (Wildman–Crippen MR) is 87.9 cm³/mol. The number of nitrogens with one attached hydrogen (secondary N) is 1. The molecule has 9 heteroatoms. The van der Waals surface area contributed by atoms with Gasteiger partial charge in [-0.3, -0.25) is 9.58 Å². The molecular formula is C16H19ClF4N4. The number of aryl methyl sites for hydroxylation is 1. The summed E-state index contributed by atoms with van der Waals surface area (Å²) in [5.74, 6) is -0.351. The Labute approximate surface area is 149 Å². The normalized spacial score (nSPS) is 18.8. The Balaban J connectivity index is 0.00000225. The predicted octanol–water partition coefficient (Wildman–Crippen LogP) is 3.15. The van der Waals surface area contributed by atoms with Gasteiger partial charge in [0.25, 0.3) is 0 Å². The van der Waals surface area contributed by atoms with Crippen molar-refractivity contribution in [2.75, 3.05) is 19.6 Å². The average molecular weight is 379 g/mol.